The lowest BCUT2D eigenvalue weighted by molar-refractivity contribution is 0.453. The first-order valence-corrected chi connectivity index (χ1v) is 7.60. The number of aromatic nitrogens is 4. The molecule has 0 spiro atoms. The van der Waals surface area contributed by atoms with Gasteiger partial charge in [-0.2, -0.15) is 4.52 Å². The number of fused-ring (bicyclic) bond motifs is 1. The standard InChI is InChI=1S/C17H9ClF2N4O/c18-17-22-21-15-7-8-16(23-24(15)17)25-14-4-2-1-3-12(14)11-6-5-10(19)9-13(11)20/h1-9H. The minimum Gasteiger partial charge on any atom is -0.437 e. The highest BCUT2D eigenvalue weighted by Gasteiger charge is 2.13. The fourth-order valence-electron chi connectivity index (χ4n) is 2.40. The molecule has 0 unspecified atom stereocenters. The van der Waals surface area contributed by atoms with Crippen LogP contribution in [-0.2, 0) is 0 Å². The number of hydrogen-bond donors (Lipinski definition) is 0. The Morgan fingerprint density at radius 3 is 2.60 bits per heavy atom. The molecule has 5 nitrogen and oxygen atoms in total. The fourth-order valence-corrected chi connectivity index (χ4v) is 2.56. The Morgan fingerprint density at radius 2 is 1.76 bits per heavy atom. The van der Waals surface area contributed by atoms with Gasteiger partial charge in [0.1, 0.15) is 17.4 Å². The van der Waals surface area contributed by atoms with Gasteiger partial charge in [0.05, 0.1) is 0 Å². The van der Waals surface area contributed by atoms with Crippen LogP contribution in [-0.4, -0.2) is 19.8 Å². The van der Waals surface area contributed by atoms with Crippen molar-refractivity contribution >= 4 is 17.2 Å². The van der Waals surface area contributed by atoms with E-state index < -0.39 is 11.6 Å². The number of para-hydroxylation sites is 1. The lowest BCUT2D eigenvalue weighted by Crippen LogP contribution is -1.97. The fraction of sp³-hybridized carbons (Fsp3) is 0. The van der Waals surface area contributed by atoms with Crippen molar-refractivity contribution < 1.29 is 13.5 Å². The van der Waals surface area contributed by atoms with Crippen LogP contribution in [0.5, 0.6) is 11.6 Å². The molecule has 0 aliphatic heterocycles. The molecule has 25 heavy (non-hydrogen) atoms. The Labute approximate surface area is 145 Å². The zero-order valence-electron chi connectivity index (χ0n) is 12.5. The van der Waals surface area contributed by atoms with Crippen LogP contribution >= 0.6 is 11.6 Å². The lowest BCUT2D eigenvalue weighted by atomic mass is 10.0. The van der Waals surface area contributed by atoms with Gasteiger partial charge in [0.15, 0.2) is 5.65 Å². The van der Waals surface area contributed by atoms with Crippen molar-refractivity contribution in [3.63, 3.8) is 0 Å². The van der Waals surface area contributed by atoms with Crippen LogP contribution in [0.25, 0.3) is 16.8 Å². The van der Waals surface area contributed by atoms with Crippen molar-refractivity contribution in [2.24, 2.45) is 0 Å². The topological polar surface area (TPSA) is 52.3 Å². The van der Waals surface area contributed by atoms with E-state index in [1.54, 1.807) is 36.4 Å². The van der Waals surface area contributed by atoms with Crippen molar-refractivity contribution in [2.75, 3.05) is 0 Å². The van der Waals surface area contributed by atoms with Crippen molar-refractivity contribution in [1.82, 2.24) is 19.8 Å². The average Bonchev–Trinajstić information content (AvgIpc) is 2.97. The predicted molar refractivity (Wildman–Crippen MR) is 87.7 cm³/mol. The van der Waals surface area contributed by atoms with E-state index in [2.05, 4.69) is 15.3 Å². The highest BCUT2D eigenvalue weighted by atomic mass is 35.5. The van der Waals surface area contributed by atoms with Crippen LogP contribution < -0.4 is 4.74 Å². The molecule has 2 aromatic carbocycles. The van der Waals surface area contributed by atoms with Crippen LogP contribution in [0.15, 0.2) is 54.6 Å². The van der Waals surface area contributed by atoms with Gasteiger partial charge in [0, 0.05) is 23.3 Å². The van der Waals surface area contributed by atoms with Gasteiger partial charge in [-0.15, -0.1) is 15.3 Å². The molecular formula is C17H9ClF2N4O. The van der Waals surface area contributed by atoms with Crippen molar-refractivity contribution in [3.8, 4) is 22.8 Å². The number of benzene rings is 2. The third-order valence-corrected chi connectivity index (χ3v) is 3.76. The molecule has 8 heteroatoms. The molecule has 0 fully saturated rings. The van der Waals surface area contributed by atoms with Crippen molar-refractivity contribution in [1.29, 1.82) is 0 Å². The summed E-state index contributed by atoms with van der Waals surface area (Å²) in [5.41, 5.74) is 1.16. The van der Waals surface area contributed by atoms with E-state index in [0.29, 0.717) is 17.0 Å². The van der Waals surface area contributed by atoms with E-state index in [1.807, 2.05) is 0 Å². The van der Waals surface area contributed by atoms with Crippen LogP contribution in [0.2, 0.25) is 5.28 Å². The maximum Gasteiger partial charge on any atom is 0.246 e. The highest BCUT2D eigenvalue weighted by Crippen LogP contribution is 2.34. The molecule has 0 aliphatic carbocycles. The second kappa shape index (κ2) is 6.10. The van der Waals surface area contributed by atoms with Crippen molar-refractivity contribution in [2.45, 2.75) is 0 Å². The van der Waals surface area contributed by atoms with Gasteiger partial charge in [-0.25, -0.2) is 8.78 Å². The summed E-state index contributed by atoms with van der Waals surface area (Å²) in [6.45, 7) is 0. The van der Waals surface area contributed by atoms with Gasteiger partial charge < -0.3 is 4.74 Å². The molecule has 2 aromatic heterocycles. The largest absolute Gasteiger partial charge is 0.437 e. The van der Waals surface area contributed by atoms with Crippen LogP contribution in [0, 0.1) is 11.6 Å². The van der Waals surface area contributed by atoms with E-state index in [0.717, 1.165) is 6.07 Å². The Kier molecular flexibility index (Phi) is 3.77. The molecular weight excluding hydrogens is 350 g/mol. The maximum absolute atomic E-state index is 14.1. The third kappa shape index (κ3) is 2.89. The molecule has 4 rings (SSSR count). The van der Waals surface area contributed by atoms with Crippen molar-refractivity contribution in [3.05, 3.63) is 71.5 Å². The van der Waals surface area contributed by atoms with Gasteiger partial charge in [0.25, 0.3) is 0 Å². The van der Waals surface area contributed by atoms with Crippen LogP contribution in [0.4, 0.5) is 8.78 Å². The number of ether oxygens (including phenoxy) is 1. The zero-order valence-corrected chi connectivity index (χ0v) is 13.3. The van der Waals surface area contributed by atoms with E-state index in [1.165, 1.54) is 16.6 Å². The molecule has 2 heterocycles. The van der Waals surface area contributed by atoms with Gasteiger partial charge in [0.2, 0.25) is 11.2 Å². The predicted octanol–water partition coefficient (Wildman–Crippen LogP) is 4.52. The minimum atomic E-state index is -0.679. The van der Waals surface area contributed by atoms with Gasteiger partial charge in [-0.05, 0) is 35.9 Å². The number of hydrogen-bond acceptors (Lipinski definition) is 4. The summed E-state index contributed by atoms with van der Waals surface area (Å²) < 4.78 is 34.4. The smallest absolute Gasteiger partial charge is 0.246 e. The Morgan fingerprint density at radius 1 is 0.920 bits per heavy atom. The SMILES string of the molecule is Fc1ccc(-c2ccccc2Oc2ccc3nnc(Cl)n3n2)c(F)c1. The Hall–Kier alpha value is -3.06. The molecule has 0 N–H and O–H groups in total. The first kappa shape index (κ1) is 15.5. The summed E-state index contributed by atoms with van der Waals surface area (Å²) >= 11 is 5.90. The second-order valence-electron chi connectivity index (χ2n) is 5.13. The monoisotopic (exact) mass is 358 g/mol. The first-order valence-electron chi connectivity index (χ1n) is 7.22. The molecule has 0 saturated heterocycles. The summed E-state index contributed by atoms with van der Waals surface area (Å²) in [4.78, 5) is 0. The molecule has 0 radical (unpaired) electrons. The molecule has 124 valence electrons. The van der Waals surface area contributed by atoms with Gasteiger partial charge >= 0.3 is 0 Å². The van der Waals surface area contributed by atoms with E-state index in [-0.39, 0.29) is 16.7 Å². The Bertz CT molecular complexity index is 1080. The number of nitrogens with zero attached hydrogens (tertiary/aromatic N) is 4. The third-order valence-electron chi connectivity index (χ3n) is 3.52. The molecule has 0 atom stereocenters. The lowest BCUT2D eigenvalue weighted by Gasteiger charge is -2.11. The normalized spacial score (nSPS) is 11.0. The summed E-state index contributed by atoms with van der Waals surface area (Å²) in [7, 11) is 0. The Balaban J connectivity index is 1.76. The number of halogens is 3. The first-order chi connectivity index (χ1) is 12.1. The van der Waals surface area contributed by atoms with Gasteiger partial charge in [-0.3, -0.25) is 0 Å². The van der Waals surface area contributed by atoms with E-state index in [9.17, 15) is 8.78 Å². The summed E-state index contributed by atoms with van der Waals surface area (Å²) in [6.07, 6.45) is 0. The number of rotatable bonds is 3. The molecule has 0 amide bonds. The molecule has 4 aromatic rings. The maximum atomic E-state index is 14.1. The second-order valence-corrected chi connectivity index (χ2v) is 5.47. The summed E-state index contributed by atoms with van der Waals surface area (Å²) in [5, 5.41) is 11.8. The summed E-state index contributed by atoms with van der Waals surface area (Å²) in [6, 6.07) is 13.4. The van der Waals surface area contributed by atoms with E-state index in [4.69, 9.17) is 16.3 Å². The van der Waals surface area contributed by atoms with E-state index >= 15 is 0 Å². The highest BCUT2D eigenvalue weighted by molar-refractivity contribution is 6.28. The van der Waals surface area contributed by atoms with Crippen LogP contribution in [0.1, 0.15) is 0 Å². The van der Waals surface area contributed by atoms with Crippen LogP contribution in [0.3, 0.4) is 0 Å². The summed E-state index contributed by atoms with van der Waals surface area (Å²) in [5.74, 6) is -0.733. The average molecular weight is 359 g/mol. The quantitative estimate of drug-likeness (QED) is 0.540. The minimum absolute atomic E-state index is 0.0957. The zero-order chi connectivity index (χ0) is 17.4. The molecule has 0 bridgehead atoms. The molecule has 0 aliphatic rings. The molecule has 0 saturated carbocycles. The van der Waals surface area contributed by atoms with Gasteiger partial charge in [-0.1, -0.05) is 18.2 Å².